The Labute approximate surface area is 269 Å². The normalized spacial score (nSPS) is 17.4. The summed E-state index contributed by atoms with van der Waals surface area (Å²) in [6, 6.07) is 22.5. The molecule has 6 rings (SSSR count). The summed E-state index contributed by atoms with van der Waals surface area (Å²) >= 11 is 5.88. The summed E-state index contributed by atoms with van der Waals surface area (Å²) in [5.74, 6) is 1.18. The van der Waals surface area contributed by atoms with Gasteiger partial charge in [0.2, 0.25) is 0 Å². The molecule has 0 radical (unpaired) electrons. The zero-order valence-electron chi connectivity index (χ0n) is 23.6. The van der Waals surface area contributed by atoms with Gasteiger partial charge in [0.1, 0.15) is 6.61 Å². The third kappa shape index (κ3) is 5.70. The maximum Gasteiger partial charge on any atom is 0.174 e. The van der Waals surface area contributed by atoms with Crippen LogP contribution in [0.1, 0.15) is 61.1 Å². The van der Waals surface area contributed by atoms with E-state index < -0.39 is 0 Å². The van der Waals surface area contributed by atoms with Crippen molar-refractivity contribution in [3.05, 3.63) is 114 Å². The van der Waals surface area contributed by atoms with E-state index in [4.69, 9.17) is 9.47 Å². The quantitative estimate of drug-likeness (QED) is 0.218. The van der Waals surface area contributed by atoms with E-state index in [0.717, 1.165) is 80.4 Å². The number of carbonyl (C=O) groups excluding carboxylic acids is 2. The van der Waals surface area contributed by atoms with Gasteiger partial charge in [-0.2, -0.15) is 0 Å². The van der Waals surface area contributed by atoms with Crippen molar-refractivity contribution < 1.29 is 19.1 Å². The van der Waals surface area contributed by atoms with E-state index in [-0.39, 0.29) is 17.5 Å². The molecule has 216 valence electrons. The summed E-state index contributed by atoms with van der Waals surface area (Å²) in [5, 5.41) is 0. The molecule has 0 fully saturated rings. The number of methoxy groups -OCH3 is 1. The van der Waals surface area contributed by atoms with Crippen molar-refractivity contribution in [3.8, 4) is 11.5 Å². The lowest BCUT2D eigenvalue weighted by atomic mass is 9.71. The van der Waals surface area contributed by atoms with Crippen molar-refractivity contribution in [2.75, 3.05) is 13.7 Å². The van der Waals surface area contributed by atoms with E-state index in [1.807, 2.05) is 36.4 Å². The van der Waals surface area contributed by atoms with Crippen LogP contribution >= 0.6 is 38.5 Å². The van der Waals surface area contributed by atoms with Crippen molar-refractivity contribution >= 4 is 50.1 Å². The molecule has 5 nitrogen and oxygen atoms in total. The minimum Gasteiger partial charge on any atom is -0.493 e. The largest absolute Gasteiger partial charge is 0.493 e. The van der Waals surface area contributed by atoms with E-state index in [1.165, 1.54) is 5.56 Å². The highest BCUT2D eigenvalue weighted by Gasteiger charge is 2.43. The average Bonchev–Trinajstić information content (AvgIpc) is 3.00. The van der Waals surface area contributed by atoms with Gasteiger partial charge in [0.25, 0.3) is 0 Å². The summed E-state index contributed by atoms with van der Waals surface area (Å²) in [5.41, 5.74) is 7.00. The standard InChI is InChI=1S/C35H33BrINO4/c1-41-31-20-24(19-26(37)35(31)42-21-23-11-5-6-12-25(23)36)32-33-27(13-7-15-29(33)39)38(18-17-22-9-3-2-4-10-22)28-14-8-16-30(40)34(28)32/h2-6,9-12,19-20,32H,7-8,13-18,21H2,1H3. The molecule has 0 aromatic heterocycles. The third-order valence-corrected chi connectivity index (χ3v) is 10.0. The van der Waals surface area contributed by atoms with Gasteiger partial charge in [-0.1, -0.05) is 64.5 Å². The molecule has 3 aromatic carbocycles. The maximum atomic E-state index is 13.7. The molecule has 0 saturated heterocycles. The van der Waals surface area contributed by atoms with Crippen LogP contribution in [-0.4, -0.2) is 30.1 Å². The lowest BCUT2D eigenvalue weighted by Crippen LogP contribution is -2.40. The molecule has 0 atom stereocenters. The number of halogens is 2. The van der Waals surface area contributed by atoms with Gasteiger partial charge < -0.3 is 14.4 Å². The number of rotatable bonds is 8. The number of benzene rings is 3. The fraction of sp³-hybridized carbons (Fsp3) is 0.314. The summed E-state index contributed by atoms with van der Waals surface area (Å²) < 4.78 is 14.0. The first-order valence-electron chi connectivity index (χ1n) is 14.5. The maximum absolute atomic E-state index is 13.7. The van der Waals surface area contributed by atoms with Crippen molar-refractivity contribution in [1.82, 2.24) is 4.90 Å². The van der Waals surface area contributed by atoms with Crippen LogP contribution in [0.3, 0.4) is 0 Å². The Hall–Kier alpha value is -2.91. The van der Waals surface area contributed by atoms with E-state index in [9.17, 15) is 9.59 Å². The molecular weight excluding hydrogens is 705 g/mol. The second kappa shape index (κ2) is 12.8. The number of ketones is 2. The fourth-order valence-electron chi connectivity index (χ4n) is 6.52. The van der Waals surface area contributed by atoms with Gasteiger partial charge >= 0.3 is 0 Å². The van der Waals surface area contributed by atoms with Crippen LogP contribution in [0.4, 0.5) is 0 Å². The van der Waals surface area contributed by atoms with Crippen LogP contribution in [0, 0.1) is 3.57 Å². The van der Waals surface area contributed by atoms with Crippen molar-refractivity contribution in [3.63, 3.8) is 0 Å². The first-order chi connectivity index (χ1) is 20.5. The molecule has 1 aliphatic heterocycles. The highest BCUT2D eigenvalue weighted by molar-refractivity contribution is 14.1. The third-order valence-electron chi connectivity index (χ3n) is 8.47. The van der Waals surface area contributed by atoms with Crippen LogP contribution in [0.2, 0.25) is 0 Å². The lowest BCUT2D eigenvalue weighted by molar-refractivity contribution is -0.117. The van der Waals surface area contributed by atoms with Crippen LogP contribution in [-0.2, 0) is 22.6 Å². The number of Topliss-reactive ketones (excluding diaryl/α,β-unsaturated/α-hetero) is 2. The highest BCUT2D eigenvalue weighted by Crippen LogP contribution is 2.50. The minimum atomic E-state index is -0.386. The summed E-state index contributed by atoms with van der Waals surface area (Å²) in [7, 11) is 1.64. The molecule has 3 aromatic rings. The Morgan fingerprint density at radius 3 is 2.17 bits per heavy atom. The van der Waals surface area contributed by atoms with Crippen molar-refractivity contribution in [1.29, 1.82) is 0 Å². The Morgan fingerprint density at radius 2 is 1.52 bits per heavy atom. The Bertz CT molecular complexity index is 1550. The summed E-state index contributed by atoms with van der Waals surface area (Å²) in [6.45, 7) is 1.14. The predicted molar refractivity (Wildman–Crippen MR) is 176 cm³/mol. The lowest BCUT2D eigenvalue weighted by Gasteiger charge is -2.44. The second-order valence-electron chi connectivity index (χ2n) is 11.0. The number of allylic oxidation sites excluding steroid dienone is 4. The highest BCUT2D eigenvalue weighted by atomic mass is 127. The van der Waals surface area contributed by atoms with Gasteiger partial charge in [0, 0.05) is 57.9 Å². The Balaban J connectivity index is 1.41. The predicted octanol–water partition coefficient (Wildman–Crippen LogP) is 8.30. The molecule has 7 heteroatoms. The average molecular weight is 738 g/mol. The van der Waals surface area contributed by atoms with Crippen molar-refractivity contribution in [2.45, 2.75) is 57.5 Å². The molecule has 3 aliphatic rings. The van der Waals surface area contributed by atoms with E-state index in [1.54, 1.807) is 7.11 Å². The van der Waals surface area contributed by atoms with Crippen LogP contribution < -0.4 is 9.47 Å². The topological polar surface area (TPSA) is 55.8 Å². The number of hydrogen-bond donors (Lipinski definition) is 0. The van der Waals surface area contributed by atoms with E-state index in [0.29, 0.717) is 30.9 Å². The SMILES string of the molecule is COc1cc(C2C3=C(CCCC3=O)N(CCc3ccccc3)C3=C2C(=O)CCC3)cc(I)c1OCc1ccccc1Br. The van der Waals surface area contributed by atoms with Gasteiger partial charge in [-0.05, 0) is 84.0 Å². The molecule has 0 amide bonds. The number of ether oxygens (including phenoxy) is 2. The molecule has 0 unspecified atom stereocenters. The molecule has 1 heterocycles. The Kier molecular flexibility index (Phi) is 8.86. The van der Waals surface area contributed by atoms with Crippen molar-refractivity contribution in [2.24, 2.45) is 0 Å². The molecular formula is C35H33BrINO4. The molecule has 2 aliphatic carbocycles. The first kappa shape index (κ1) is 29.2. The first-order valence-corrected chi connectivity index (χ1v) is 16.4. The monoisotopic (exact) mass is 737 g/mol. The van der Waals surface area contributed by atoms with Gasteiger partial charge in [0.05, 0.1) is 10.7 Å². The summed E-state index contributed by atoms with van der Waals surface area (Å²) in [6.07, 6.45) is 5.26. The Morgan fingerprint density at radius 1 is 0.881 bits per heavy atom. The minimum absolute atomic E-state index is 0.152. The van der Waals surface area contributed by atoms with Gasteiger partial charge in [-0.25, -0.2) is 0 Å². The number of hydrogen-bond acceptors (Lipinski definition) is 5. The van der Waals surface area contributed by atoms with Gasteiger partial charge in [-0.3, -0.25) is 9.59 Å². The molecule has 0 bridgehead atoms. The molecule has 0 saturated carbocycles. The van der Waals surface area contributed by atoms with Crippen LogP contribution in [0.25, 0.3) is 0 Å². The van der Waals surface area contributed by atoms with Crippen LogP contribution in [0.15, 0.2) is 93.7 Å². The molecule has 42 heavy (non-hydrogen) atoms. The van der Waals surface area contributed by atoms with Gasteiger partial charge in [-0.15, -0.1) is 0 Å². The molecule has 0 N–H and O–H groups in total. The summed E-state index contributed by atoms with van der Waals surface area (Å²) in [4.78, 5) is 29.8. The second-order valence-corrected chi connectivity index (χ2v) is 13.0. The smallest absolute Gasteiger partial charge is 0.174 e. The van der Waals surface area contributed by atoms with E-state index >= 15 is 0 Å². The van der Waals surface area contributed by atoms with Gasteiger partial charge in [0.15, 0.2) is 23.1 Å². The van der Waals surface area contributed by atoms with Crippen LogP contribution in [0.5, 0.6) is 11.5 Å². The fourth-order valence-corrected chi connectivity index (χ4v) is 7.70. The number of nitrogens with zero attached hydrogens (tertiary/aromatic N) is 1. The zero-order valence-corrected chi connectivity index (χ0v) is 27.4. The number of carbonyl (C=O) groups is 2. The zero-order chi connectivity index (χ0) is 29.2. The molecule has 0 spiro atoms. The van der Waals surface area contributed by atoms with E-state index in [2.05, 4.69) is 73.8 Å².